The van der Waals surface area contributed by atoms with Crippen molar-refractivity contribution in [1.29, 1.82) is 0 Å². The molecule has 0 amide bonds. The molecule has 17 heavy (non-hydrogen) atoms. The number of benzene rings is 1. The van der Waals surface area contributed by atoms with Crippen molar-refractivity contribution in [1.82, 2.24) is 4.98 Å². The number of fused-ring (bicyclic) bond motifs is 1. The van der Waals surface area contributed by atoms with Crippen molar-refractivity contribution in [2.45, 2.75) is 26.3 Å². The Morgan fingerprint density at radius 2 is 2.24 bits per heavy atom. The summed E-state index contributed by atoms with van der Waals surface area (Å²) >= 11 is 0. The summed E-state index contributed by atoms with van der Waals surface area (Å²) in [5.41, 5.74) is 7.64. The molecule has 2 unspecified atom stereocenters. The Morgan fingerprint density at radius 3 is 2.88 bits per heavy atom. The molecule has 0 bridgehead atoms. The number of aromatic nitrogens is 1. The zero-order chi connectivity index (χ0) is 12.4. The van der Waals surface area contributed by atoms with Crippen LogP contribution >= 0.6 is 0 Å². The Kier molecular flexibility index (Phi) is 3.33. The molecule has 2 aromatic rings. The first-order valence-electron chi connectivity index (χ1n) is 5.85. The fourth-order valence-electron chi connectivity index (χ4n) is 1.69. The van der Waals surface area contributed by atoms with Crippen LogP contribution in [0.15, 0.2) is 22.6 Å². The number of oxazole rings is 1. The molecule has 0 radical (unpaired) electrons. The standard InChI is InChI=1S/C13H18N2O2/c1-4-8(2)12(14)13-15-10-6-5-9(16-3)7-11(10)17-13/h5-8,12H,4,14H2,1-3H3. The zero-order valence-electron chi connectivity index (χ0n) is 10.4. The smallest absolute Gasteiger partial charge is 0.212 e. The summed E-state index contributed by atoms with van der Waals surface area (Å²) in [6.07, 6.45) is 1.00. The number of nitrogens with zero attached hydrogens (tertiary/aromatic N) is 1. The third kappa shape index (κ3) is 2.26. The van der Waals surface area contributed by atoms with Gasteiger partial charge in [0.05, 0.1) is 13.2 Å². The lowest BCUT2D eigenvalue weighted by molar-refractivity contribution is 0.374. The summed E-state index contributed by atoms with van der Waals surface area (Å²) in [5.74, 6) is 1.71. The van der Waals surface area contributed by atoms with Gasteiger partial charge in [0.1, 0.15) is 11.3 Å². The first kappa shape index (κ1) is 11.9. The normalized spacial score (nSPS) is 14.8. The Morgan fingerprint density at radius 1 is 1.47 bits per heavy atom. The van der Waals surface area contributed by atoms with Crippen molar-refractivity contribution in [2.75, 3.05) is 7.11 Å². The average molecular weight is 234 g/mol. The van der Waals surface area contributed by atoms with Gasteiger partial charge in [-0.1, -0.05) is 20.3 Å². The summed E-state index contributed by atoms with van der Waals surface area (Å²) in [7, 11) is 1.63. The molecule has 4 nitrogen and oxygen atoms in total. The van der Waals surface area contributed by atoms with Crippen LogP contribution in [0.5, 0.6) is 5.75 Å². The molecular weight excluding hydrogens is 216 g/mol. The number of methoxy groups -OCH3 is 1. The second kappa shape index (κ2) is 4.75. The van der Waals surface area contributed by atoms with E-state index in [1.165, 1.54) is 0 Å². The lowest BCUT2D eigenvalue weighted by atomic mass is 10.0. The van der Waals surface area contributed by atoms with Gasteiger partial charge in [0, 0.05) is 6.07 Å². The van der Waals surface area contributed by atoms with Gasteiger partial charge >= 0.3 is 0 Å². The molecule has 4 heteroatoms. The average Bonchev–Trinajstić information content (AvgIpc) is 2.79. The van der Waals surface area contributed by atoms with Crippen LogP contribution in [0.4, 0.5) is 0 Å². The third-order valence-electron chi connectivity index (χ3n) is 3.15. The number of hydrogen-bond donors (Lipinski definition) is 1. The van der Waals surface area contributed by atoms with Crippen LogP contribution in [0.3, 0.4) is 0 Å². The molecule has 1 aromatic heterocycles. The Hall–Kier alpha value is -1.55. The highest BCUT2D eigenvalue weighted by Crippen LogP contribution is 2.27. The van der Waals surface area contributed by atoms with Crippen LogP contribution in [0.2, 0.25) is 0 Å². The molecule has 1 aromatic carbocycles. The number of rotatable bonds is 4. The highest BCUT2D eigenvalue weighted by atomic mass is 16.5. The number of ether oxygens (including phenoxy) is 1. The van der Waals surface area contributed by atoms with E-state index in [0.29, 0.717) is 11.8 Å². The minimum atomic E-state index is -0.154. The van der Waals surface area contributed by atoms with Crippen molar-refractivity contribution < 1.29 is 9.15 Å². The molecule has 92 valence electrons. The monoisotopic (exact) mass is 234 g/mol. The van der Waals surface area contributed by atoms with E-state index < -0.39 is 0 Å². The van der Waals surface area contributed by atoms with Crippen LogP contribution in [0.1, 0.15) is 32.2 Å². The molecule has 1 heterocycles. The first-order valence-corrected chi connectivity index (χ1v) is 5.85. The van der Waals surface area contributed by atoms with Gasteiger partial charge in [0.15, 0.2) is 5.58 Å². The maximum absolute atomic E-state index is 6.10. The van der Waals surface area contributed by atoms with Crippen molar-refractivity contribution >= 4 is 11.1 Å². The third-order valence-corrected chi connectivity index (χ3v) is 3.15. The van der Waals surface area contributed by atoms with E-state index in [4.69, 9.17) is 14.9 Å². The molecule has 0 spiro atoms. The van der Waals surface area contributed by atoms with Crippen LogP contribution in [0.25, 0.3) is 11.1 Å². The minimum absolute atomic E-state index is 0.154. The number of nitrogens with two attached hydrogens (primary N) is 1. The van der Waals surface area contributed by atoms with E-state index in [9.17, 15) is 0 Å². The second-order valence-electron chi connectivity index (χ2n) is 4.30. The Balaban J connectivity index is 2.37. The van der Waals surface area contributed by atoms with Gasteiger partial charge in [0.2, 0.25) is 5.89 Å². The van der Waals surface area contributed by atoms with E-state index in [-0.39, 0.29) is 6.04 Å². The summed E-state index contributed by atoms with van der Waals surface area (Å²) in [6, 6.07) is 5.42. The molecular formula is C13H18N2O2. The molecule has 2 N–H and O–H groups in total. The van der Waals surface area contributed by atoms with Gasteiger partial charge in [-0.15, -0.1) is 0 Å². The molecule has 0 aliphatic carbocycles. The van der Waals surface area contributed by atoms with Crippen LogP contribution in [0, 0.1) is 5.92 Å². The fraction of sp³-hybridized carbons (Fsp3) is 0.462. The van der Waals surface area contributed by atoms with Gasteiger partial charge in [-0.05, 0) is 18.1 Å². The Labute approximate surface area is 101 Å². The van der Waals surface area contributed by atoms with E-state index in [1.807, 2.05) is 18.2 Å². The molecule has 0 aliphatic rings. The Bertz CT molecular complexity index is 507. The van der Waals surface area contributed by atoms with E-state index in [2.05, 4.69) is 18.8 Å². The van der Waals surface area contributed by atoms with Crippen LogP contribution in [-0.2, 0) is 0 Å². The van der Waals surface area contributed by atoms with Gasteiger partial charge in [-0.2, -0.15) is 0 Å². The van der Waals surface area contributed by atoms with Crippen molar-refractivity contribution in [3.05, 3.63) is 24.1 Å². The lowest BCUT2D eigenvalue weighted by Gasteiger charge is -2.13. The lowest BCUT2D eigenvalue weighted by Crippen LogP contribution is -2.18. The highest BCUT2D eigenvalue weighted by Gasteiger charge is 2.19. The SMILES string of the molecule is CCC(C)C(N)c1nc2ccc(OC)cc2o1. The van der Waals surface area contributed by atoms with E-state index >= 15 is 0 Å². The predicted octanol–water partition coefficient (Wildman–Crippen LogP) is 2.88. The quantitative estimate of drug-likeness (QED) is 0.883. The van der Waals surface area contributed by atoms with E-state index in [0.717, 1.165) is 23.3 Å². The topological polar surface area (TPSA) is 61.3 Å². The molecule has 0 aliphatic heterocycles. The van der Waals surface area contributed by atoms with Gasteiger partial charge in [-0.25, -0.2) is 4.98 Å². The zero-order valence-corrected chi connectivity index (χ0v) is 10.4. The van der Waals surface area contributed by atoms with E-state index in [1.54, 1.807) is 7.11 Å². The predicted molar refractivity (Wildman–Crippen MR) is 66.9 cm³/mol. The molecule has 0 fully saturated rings. The maximum atomic E-state index is 6.10. The van der Waals surface area contributed by atoms with Crippen LogP contribution in [-0.4, -0.2) is 12.1 Å². The first-order chi connectivity index (χ1) is 8.15. The molecule has 0 saturated carbocycles. The van der Waals surface area contributed by atoms with Gasteiger partial charge in [0.25, 0.3) is 0 Å². The second-order valence-corrected chi connectivity index (χ2v) is 4.30. The minimum Gasteiger partial charge on any atom is -0.497 e. The van der Waals surface area contributed by atoms with Crippen molar-refractivity contribution in [3.8, 4) is 5.75 Å². The highest BCUT2D eigenvalue weighted by molar-refractivity contribution is 5.74. The molecule has 2 atom stereocenters. The summed E-state index contributed by atoms with van der Waals surface area (Å²) in [5, 5.41) is 0. The maximum Gasteiger partial charge on any atom is 0.212 e. The van der Waals surface area contributed by atoms with Gasteiger partial charge in [-0.3, -0.25) is 0 Å². The molecule has 0 saturated heterocycles. The summed E-state index contributed by atoms with van der Waals surface area (Å²) in [6.45, 7) is 4.20. The van der Waals surface area contributed by atoms with Crippen molar-refractivity contribution in [2.24, 2.45) is 11.7 Å². The van der Waals surface area contributed by atoms with Crippen LogP contribution < -0.4 is 10.5 Å². The molecule has 2 rings (SSSR count). The summed E-state index contributed by atoms with van der Waals surface area (Å²) in [4.78, 5) is 4.41. The largest absolute Gasteiger partial charge is 0.497 e. The number of hydrogen-bond acceptors (Lipinski definition) is 4. The fourth-order valence-corrected chi connectivity index (χ4v) is 1.69. The summed E-state index contributed by atoms with van der Waals surface area (Å²) < 4.78 is 10.8. The van der Waals surface area contributed by atoms with Crippen molar-refractivity contribution in [3.63, 3.8) is 0 Å². The van der Waals surface area contributed by atoms with Gasteiger partial charge < -0.3 is 14.9 Å².